The van der Waals surface area contributed by atoms with Crippen molar-refractivity contribution in [3.63, 3.8) is 0 Å². The molecule has 25 heavy (non-hydrogen) atoms. The van der Waals surface area contributed by atoms with Crippen molar-refractivity contribution in [3.05, 3.63) is 35.4 Å². The molecule has 2 aliphatic rings. The Bertz CT molecular complexity index is 624. The molecule has 0 fully saturated rings. The topological polar surface area (TPSA) is 78.6 Å². The number of primary amides is 1. The number of hydrogen-bond acceptors (Lipinski definition) is 4. The summed E-state index contributed by atoms with van der Waals surface area (Å²) >= 11 is 0. The molecule has 2 N–H and O–H groups in total. The second-order valence-corrected chi connectivity index (χ2v) is 6.39. The normalized spacial score (nSPS) is 17.2. The van der Waals surface area contributed by atoms with Crippen molar-refractivity contribution in [2.75, 3.05) is 6.61 Å². The van der Waals surface area contributed by atoms with E-state index in [9.17, 15) is 4.79 Å². The van der Waals surface area contributed by atoms with Gasteiger partial charge in [0.15, 0.2) is 5.78 Å². The fourth-order valence-electron chi connectivity index (χ4n) is 3.13. The number of ketones is 1. The number of benzene rings is 1. The number of fused-ring (bicyclic) bond motifs is 1. The summed E-state index contributed by atoms with van der Waals surface area (Å²) in [6.07, 6.45) is 10.6. The van der Waals surface area contributed by atoms with Crippen LogP contribution >= 0.6 is 0 Å². The third kappa shape index (κ3) is 5.93. The van der Waals surface area contributed by atoms with Gasteiger partial charge in [0.2, 0.25) is 6.41 Å². The van der Waals surface area contributed by atoms with Crippen molar-refractivity contribution in [1.82, 2.24) is 0 Å². The van der Waals surface area contributed by atoms with Crippen LogP contribution in [0.15, 0.2) is 29.8 Å². The molecule has 0 aromatic heterocycles. The van der Waals surface area contributed by atoms with Gasteiger partial charge in [0.05, 0.1) is 18.3 Å². The third-order valence-electron chi connectivity index (χ3n) is 4.43. The first-order chi connectivity index (χ1) is 12.1. The van der Waals surface area contributed by atoms with E-state index in [0.717, 1.165) is 18.6 Å². The van der Waals surface area contributed by atoms with E-state index >= 15 is 0 Å². The van der Waals surface area contributed by atoms with Crippen molar-refractivity contribution in [2.45, 2.75) is 58.0 Å². The zero-order valence-electron chi connectivity index (χ0n) is 14.8. The quantitative estimate of drug-likeness (QED) is 0.650. The maximum absolute atomic E-state index is 11.8. The molecule has 1 aliphatic heterocycles. The molecule has 5 nitrogen and oxygen atoms in total. The maximum atomic E-state index is 11.8. The number of carbonyl (C=O) groups excluding carboxylic acids is 2. The minimum absolute atomic E-state index is 0.157. The fraction of sp³-hybridized carbons (Fsp3) is 0.500. The van der Waals surface area contributed by atoms with Crippen molar-refractivity contribution in [1.29, 1.82) is 0 Å². The van der Waals surface area contributed by atoms with E-state index in [4.69, 9.17) is 14.3 Å². The monoisotopic (exact) mass is 345 g/mol. The zero-order valence-corrected chi connectivity index (χ0v) is 14.8. The molecular formula is C20H27NO4. The highest BCUT2D eigenvalue weighted by atomic mass is 16.5. The van der Waals surface area contributed by atoms with E-state index in [1.807, 2.05) is 18.2 Å². The predicted molar refractivity (Wildman–Crippen MR) is 97.0 cm³/mol. The molecule has 5 heteroatoms. The lowest BCUT2D eigenvalue weighted by Crippen LogP contribution is -2.16. The Kier molecular flexibility index (Phi) is 7.51. The van der Waals surface area contributed by atoms with Gasteiger partial charge in [-0.15, -0.1) is 0 Å². The van der Waals surface area contributed by atoms with E-state index in [-0.39, 0.29) is 18.3 Å². The van der Waals surface area contributed by atoms with Gasteiger partial charge in [-0.05, 0) is 57.6 Å². The molecule has 0 bridgehead atoms. The van der Waals surface area contributed by atoms with Crippen molar-refractivity contribution in [3.8, 4) is 11.5 Å². The van der Waals surface area contributed by atoms with Gasteiger partial charge in [-0.2, -0.15) is 0 Å². The standard InChI is InChI=1S/C19H24O3.CH3NO/c1-14(7-8-15-5-3-2-4-6-15)22-16-9-10-17-18(20)11-12-21-19(17)13-16;2-1-3/h5,9-10,13-14H,2-4,6-8,11-12H2,1H3;1H,(H2,2,3). The lowest BCUT2D eigenvalue weighted by Gasteiger charge is -2.20. The van der Waals surface area contributed by atoms with Gasteiger partial charge in [-0.25, -0.2) is 0 Å². The lowest BCUT2D eigenvalue weighted by atomic mass is 9.95. The minimum atomic E-state index is 0.157. The molecule has 1 unspecified atom stereocenters. The Hall–Kier alpha value is -2.30. The molecule has 1 amide bonds. The number of rotatable bonds is 5. The summed E-state index contributed by atoms with van der Waals surface area (Å²) in [5.74, 6) is 1.61. The molecule has 1 heterocycles. The highest BCUT2D eigenvalue weighted by Crippen LogP contribution is 2.30. The second-order valence-electron chi connectivity index (χ2n) is 6.39. The van der Waals surface area contributed by atoms with E-state index in [1.54, 1.807) is 5.57 Å². The van der Waals surface area contributed by atoms with Gasteiger partial charge in [-0.1, -0.05) is 11.6 Å². The van der Waals surface area contributed by atoms with Crippen molar-refractivity contribution in [2.24, 2.45) is 5.73 Å². The molecule has 0 saturated carbocycles. The summed E-state index contributed by atoms with van der Waals surface area (Å²) in [5, 5.41) is 0. The van der Waals surface area contributed by atoms with Gasteiger partial charge in [0.1, 0.15) is 11.5 Å². The summed E-state index contributed by atoms with van der Waals surface area (Å²) < 4.78 is 11.5. The first-order valence-electron chi connectivity index (χ1n) is 8.94. The predicted octanol–water partition coefficient (Wildman–Crippen LogP) is 3.80. The summed E-state index contributed by atoms with van der Waals surface area (Å²) in [6, 6.07) is 5.55. The number of hydrogen-bond donors (Lipinski definition) is 1. The fourth-order valence-corrected chi connectivity index (χ4v) is 3.13. The van der Waals surface area contributed by atoms with Crippen LogP contribution < -0.4 is 15.2 Å². The average molecular weight is 345 g/mol. The SMILES string of the molecule is CC(CCC1=CCCCC1)Oc1ccc2c(c1)OCCC2=O.NC=O. The van der Waals surface area contributed by atoms with Crippen LogP contribution in [0.5, 0.6) is 11.5 Å². The molecule has 0 spiro atoms. The molecule has 0 saturated heterocycles. The Balaban J connectivity index is 0.000000701. The van der Waals surface area contributed by atoms with Gasteiger partial charge in [0.25, 0.3) is 0 Å². The molecular weight excluding hydrogens is 318 g/mol. The molecule has 1 aromatic rings. The molecule has 1 aliphatic carbocycles. The average Bonchev–Trinajstić information content (AvgIpc) is 2.62. The Labute approximate surface area is 149 Å². The van der Waals surface area contributed by atoms with Crippen molar-refractivity contribution >= 4 is 12.2 Å². The van der Waals surface area contributed by atoms with Crippen LogP contribution in [0.4, 0.5) is 0 Å². The van der Waals surface area contributed by atoms with Crippen LogP contribution in [0.2, 0.25) is 0 Å². The van der Waals surface area contributed by atoms with E-state index in [1.165, 1.54) is 25.7 Å². The lowest BCUT2D eigenvalue weighted by molar-refractivity contribution is -0.106. The number of allylic oxidation sites excluding steroid dienone is 2. The molecule has 1 aromatic carbocycles. The second kappa shape index (κ2) is 9.87. The third-order valence-corrected chi connectivity index (χ3v) is 4.43. The maximum Gasteiger partial charge on any atom is 0.204 e. The van der Waals surface area contributed by atoms with Crippen LogP contribution in [0.3, 0.4) is 0 Å². The number of carbonyl (C=O) groups is 2. The van der Waals surface area contributed by atoms with E-state index in [2.05, 4.69) is 18.7 Å². The van der Waals surface area contributed by atoms with Gasteiger partial charge >= 0.3 is 0 Å². The van der Waals surface area contributed by atoms with Crippen LogP contribution in [0.25, 0.3) is 0 Å². The molecule has 136 valence electrons. The summed E-state index contributed by atoms with van der Waals surface area (Å²) in [7, 11) is 0. The summed E-state index contributed by atoms with van der Waals surface area (Å²) in [4.78, 5) is 20.4. The number of Topliss-reactive ketones (excluding diaryl/α,β-unsaturated/α-hetero) is 1. The first-order valence-corrected chi connectivity index (χ1v) is 8.94. The smallest absolute Gasteiger partial charge is 0.204 e. The van der Waals surface area contributed by atoms with E-state index < -0.39 is 0 Å². The van der Waals surface area contributed by atoms with Crippen LogP contribution in [-0.4, -0.2) is 24.9 Å². The van der Waals surface area contributed by atoms with E-state index in [0.29, 0.717) is 24.3 Å². The van der Waals surface area contributed by atoms with Gasteiger partial charge < -0.3 is 15.2 Å². The Morgan fingerprint density at radius 3 is 2.84 bits per heavy atom. The van der Waals surface area contributed by atoms with Crippen molar-refractivity contribution < 1.29 is 19.1 Å². The number of amides is 1. The minimum Gasteiger partial charge on any atom is -0.492 e. The largest absolute Gasteiger partial charge is 0.492 e. The van der Waals surface area contributed by atoms with Gasteiger partial charge in [0, 0.05) is 12.5 Å². The Morgan fingerprint density at radius 2 is 2.12 bits per heavy atom. The Morgan fingerprint density at radius 1 is 1.32 bits per heavy atom. The highest BCUT2D eigenvalue weighted by Gasteiger charge is 2.19. The first kappa shape index (κ1) is 19.0. The molecule has 3 rings (SSSR count). The summed E-state index contributed by atoms with van der Waals surface area (Å²) in [5.41, 5.74) is 6.43. The molecule has 1 atom stereocenters. The zero-order chi connectivity index (χ0) is 18.1. The van der Waals surface area contributed by atoms with Crippen LogP contribution in [0, 0.1) is 0 Å². The van der Waals surface area contributed by atoms with Crippen LogP contribution in [-0.2, 0) is 4.79 Å². The summed E-state index contributed by atoms with van der Waals surface area (Å²) in [6.45, 7) is 2.58. The van der Waals surface area contributed by atoms with Crippen LogP contribution in [0.1, 0.15) is 62.2 Å². The highest BCUT2D eigenvalue weighted by molar-refractivity contribution is 5.99. The number of ether oxygens (including phenoxy) is 2. The number of nitrogens with two attached hydrogens (primary N) is 1. The molecule has 0 radical (unpaired) electrons. The van der Waals surface area contributed by atoms with Gasteiger partial charge in [-0.3, -0.25) is 9.59 Å².